The molecule has 1 N–H and O–H groups in total. The summed E-state index contributed by atoms with van der Waals surface area (Å²) in [6, 6.07) is 9.40. The van der Waals surface area contributed by atoms with E-state index in [-0.39, 0.29) is 29.1 Å². The molecule has 1 aliphatic carbocycles. The topological polar surface area (TPSA) is 80.7 Å². The molecule has 20 heavy (non-hydrogen) atoms. The molecule has 0 amide bonds. The summed E-state index contributed by atoms with van der Waals surface area (Å²) in [6.07, 6.45) is 0. The molecule has 0 aromatic heterocycles. The maximum absolute atomic E-state index is 12.4. The summed E-state index contributed by atoms with van der Waals surface area (Å²) in [5, 5.41) is 9.20. The Morgan fingerprint density at radius 3 is 2.40 bits per heavy atom. The van der Waals surface area contributed by atoms with Gasteiger partial charge in [-0.25, -0.2) is 4.79 Å². The van der Waals surface area contributed by atoms with E-state index in [1.807, 2.05) is 0 Å². The normalized spacial score (nSPS) is 11.7. The number of rotatable bonds is 3. The van der Waals surface area contributed by atoms with Crippen LogP contribution in [0.4, 0.5) is 0 Å². The van der Waals surface area contributed by atoms with Crippen LogP contribution in [0.5, 0.6) is 5.75 Å². The summed E-state index contributed by atoms with van der Waals surface area (Å²) in [7, 11) is 0. The summed E-state index contributed by atoms with van der Waals surface area (Å²) < 4.78 is 4.86. The van der Waals surface area contributed by atoms with Crippen molar-refractivity contribution in [2.24, 2.45) is 0 Å². The number of ketones is 1. The third-order valence-corrected chi connectivity index (χ3v) is 3.24. The van der Waals surface area contributed by atoms with Gasteiger partial charge in [0.15, 0.2) is 5.78 Å². The molecule has 0 saturated carbocycles. The van der Waals surface area contributed by atoms with Crippen LogP contribution in [0.15, 0.2) is 36.4 Å². The first-order valence-corrected chi connectivity index (χ1v) is 5.80. The third kappa shape index (κ3) is 1.53. The largest absolute Gasteiger partial charge is 0.478 e. The molecule has 0 bridgehead atoms. The predicted octanol–water partition coefficient (Wildman–Crippen LogP) is 2.13. The average Bonchev–Trinajstić information content (AvgIpc) is 2.74. The molecule has 0 heterocycles. The van der Waals surface area contributed by atoms with Crippen LogP contribution < -0.4 is 4.74 Å². The van der Waals surface area contributed by atoms with E-state index in [4.69, 9.17) is 4.74 Å². The van der Waals surface area contributed by atoms with Gasteiger partial charge in [0.25, 0.3) is 6.47 Å². The van der Waals surface area contributed by atoms with Gasteiger partial charge in [-0.15, -0.1) is 0 Å². The lowest BCUT2D eigenvalue weighted by molar-refractivity contribution is -0.120. The zero-order valence-corrected chi connectivity index (χ0v) is 10.1. The van der Waals surface area contributed by atoms with Crippen LogP contribution in [-0.2, 0) is 4.79 Å². The molecule has 0 fully saturated rings. The molecule has 0 radical (unpaired) electrons. The average molecular weight is 268 g/mol. The van der Waals surface area contributed by atoms with E-state index >= 15 is 0 Å². The van der Waals surface area contributed by atoms with E-state index < -0.39 is 5.97 Å². The van der Waals surface area contributed by atoms with Crippen molar-refractivity contribution in [1.29, 1.82) is 0 Å². The molecule has 1 aliphatic rings. The number of carboxylic acids is 1. The maximum atomic E-state index is 12.4. The van der Waals surface area contributed by atoms with Crippen molar-refractivity contribution in [3.63, 3.8) is 0 Å². The quantitative estimate of drug-likeness (QED) is 0.736. The van der Waals surface area contributed by atoms with Crippen molar-refractivity contribution in [3.8, 4) is 16.9 Å². The zero-order chi connectivity index (χ0) is 14.3. The molecule has 5 heteroatoms. The molecule has 2 aromatic rings. The van der Waals surface area contributed by atoms with Crippen LogP contribution in [0.1, 0.15) is 26.3 Å². The fraction of sp³-hybridized carbons (Fsp3) is 0. The fourth-order valence-corrected chi connectivity index (χ4v) is 2.45. The zero-order valence-electron chi connectivity index (χ0n) is 10.1. The lowest BCUT2D eigenvalue weighted by Crippen LogP contribution is -2.07. The Labute approximate surface area is 113 Å². The number of aromatic carboxylic acids is 1. The molecule has 5 nitrogen and oxygen atoms in total. The Bertz CT molecular complexity index is 761. The highest BCUT2D eigenvalue weighted by Gasteiger charge is 2.33. The van der Waals surface area contributed by atoms with Crippen LogP contribution >= 0.6 is 0 Å². The van der Waals surface area contributed by atoms with Crippen molar-refractivity contribution in [3.05, 3.63) is 53.1 Å². The maximum Gasteiger partial charge on any atom is 0.336 e. The summed E-state index contributed by atoms with van der Waals surface area (Å²) in [4.78, 5) is 34.2. The first-order chi connectivity index (χ1) is 9.65. The van der Waals surface area contributed by atoms with Crippen LogP contribution in [0.3, 0.4) is 0 Å². The van der Waals surface area contributed by atoms with Gasteiger partial charge in [-0.05, 0) is 17.7 Å². The summed E-state index contributed by atoms with van der Waals surface area (Å²) in [5.74, 6) is -1.39. The van der Waals surface area contributed by atoms with E-state index in [1.165, 1.54) is 12.1 Å². The van der Waals surface area contributed by atoms with Crippen LogP contribution in [0, 0.1) is 0 Å². The third-order valence-electron chi connectivity index (χ3n) is 3.24. The number of hydrogen-bond acceptors (Lipinski definition) is 4. The molecule has 0 atom stereocenters. The molecule has 2 aromatic carbocycles. The predicted molar refractivity (Wildman–Crippen MR) is 69.0 cm³/mol. The number of hydrogen-bond donors (Lipinski definition) is 1. The number of fused-ring (bicyclic) bond motifs is 3. The highest BCUT2D eigenvalue weighted by Crippen LogP contribution is 2.43. The van der Waals surface area contributed by atoms with E-state index in [0.717, 1.165) is 0 Å². The van der Waals surface area contributed by atoms with Gasteiger partial charge >= 0.3 is 5.97 Å². The Hall–Kier alpha value is -2.95. The van der Waals surface area contributed by atoms with E-state index in [2.05, 4.69) is 0 Å². The molecule has 0 unspecified atom stereocenters. The van der Waals surface area contributed by atoms with Crippen LogP contribution in [0.25, 0.3) is 11.1 Å². The van der Waals surface area contributed by atoms with Gasteiger partial charge in [-0.1, -0.05) is 24.3 Å². The SMILES string of the molecule is O=COc1ccc(C(=O)O)c2c1-c1ccccc1C2=O. The monoisotopic (exact) mass is 268 g/mol. The highest BCUT2D eigenvalue weighted by molar-refractivity contribution is 6.26. The lowest BCUT2D eigenvalue weighted by Gasteiger charge is -2.08. The van der Waals surface area contributed by atoms with Crippen molar-refractivity contribution >= 4 is 18.2 Å². The molecular formula is C15H8O5. The summed E-state index contributed by atoms with van der Waals surface area (Å²) in [6.45, 7) is 0.251. The van der Waals surface area contributed by atoms with Gasteiger partial charge in [-0.3, -0.25) is 9.59 Å². The van der Waals surface area contributed by atoms with Crippen LogP contribution in [-0.4, -0.2) is 23.3 Å². The molecule has 0 spiro atoms. The Morgan fingerprint density at radius 1 is 1.05 bits per heavy atom. The van der Waals surface area contributed by atoms with Gasteiger partial charge in [0.05, 0.1) is 5.56 Å². The summed E-state index contributed by atoms with van der Waals surface area (Å²) in [5.41, 5.74) is 1.31. The molecule has 98 valence electrons. The Morgan fingerprint density at radius 2 is 1.75 bits per heavy atom. The first kappa shape index (κ1) is 12.1. The lowest BCUT2D eigenvalue weighted by atomic mass is 10.00. The number of benzene rings is 2. The first-order valence-electron chi connectivity index (χ1n) is 5.80. The van der Waals surface area contributed by atoms with Gasteiger partial charge in [0.2, 0.25) is 0 Å². The van der Waals surface area contributed by atoms with Gasteiger partial charge in [-0.2, -0.15) is 0 Å². The van der Waals surface area contributed by atoms with E-state index in [0.29, 0.717) is 16.7 Å². The van der Waals surface area contributed by atoms with Crippen molar-refractivity contribution in [2.45, 2.75) is 0 Å². The van der Waals surface area contributed by atoms with E-state index in [9.17, 15) is 19.5 Å². The Balaban J connectivity index is 2.39. The fourth-order valence-electron chi connectivity index (χ4n) is 2.45. The highest BCUT2D eigenvalue weighted by atomic mass is 16.5. The minimum Gasteiger partial charge on any atom is -0.478 e. The van der Waals surface area contributed by atoms with Crippen LogP contribution in [0.2, 0.25) is 0 Å². The second kappa shape index (κ2) is 4.31. The standard InChI is InChI=1S/C15H8O5/c16-7-20-11-6-5-10(15(18)19)13-12(11)8-3-1-2-4-9(8)14(13)17/h1-7H,(H,18,19). The van der Waals surface area contributed by atoms with Gasteiger partial charge < -0.3 is 9.84 Å². The molecular weight excluding hydrogens is 260 g/mol. The van der Waals surface area contributed by atoms with Gasteiger partial charge in [0, 0.05) is 16.7 Å². The number of carbonyl (C=O) groups excluding carboxylic acids is 2. The summed E-state index contributed by atoms with van der Waals surface area (Å²) >= 11 is 0. The van der Waals surface area contributed by atoms with Gasteiger partial charge in [0.1, 0.15) is 5.75 Å². The Kier molecular flexibility index (Phi) is 2.61. The molecule has 3 rings (SSSR count). The minimum absolute atomic E-state index is 0.0676. The number of carboxylic acid groups (broad SMARTS) is 1. The minimum atomic E-state index is -1.19. The van der Waals surface area contributed by atoms with Crippen molar-refractivity contribution in [1.82, 2.24) is 0 Å². The van der Waals surface area contributed by atoms with E-state index in [1.54, 1.807) is 24.3 Å². The number of ether oxygens (including phenoxy) is 1. The number of carbonyl (C=O) groups is 3. The molecule has 0 aliphatic heterocycles. The van der Waals surface area contributed by atoms with Crippen molar-refractivity contribution in [2.75, 3.05) is 0 Å². The second-order valence-corrected chi connectivity index (χ2v) is 4.26. The second-order valence-electron chi connectivity index (χ2n) is 4.26. The van der Waals surface area contributed by atoms with Crippen molar-refractivity contribution < 1.29 is 24.2 Å². The molecule has 0 saturated heterocycles. The smallest absolute Gasteiger partial charge is 0.336 e.